The second-order valence-corrected chi connectivity index (χ2v) is 4.60. The standard InChI is InChI=1S/C16H19NO/c1-12-7-8-14(13(2)9-12)10-17-16-6-4-3-5-15(16)11-18/h3-9,17-18H,10-11H2,1-2H3. The van der Waals surface area contributed by atoms with Gasteiger partial charge in [0.15, 0.2) is 0 Å². The van der Waals surface area contributed by atoms with Crippen molar-refractivity contribution in [3.8, 4) is 0 Å². The highest BCUT2D eigenvalue weighted by Crippen LogP contribution is 2.17. The molecule has 94 valence electrons. The number of nitrogens with one attached hydrogen (secondary N) is 1. The van der Waals surface area contributed by atoms with E-state index in [4.69, 9.17) is 0 Å². The van der Waals surface area contributed by atoms with Crippen molar-refractivity contribution in [1.82, 2.24) is 0 Å². The van der Waals surface area contributed by atoms with Gasteiger partial charge in [0.1, 0.15) is 0 Å². The van der Waals surface area contributed by atoms with E-state index in [1.165, 1.54) is 16.7 Å². The molecule has 0 aromatic heterocycles. The number of hydrogen-bond acceptors (Lipinski definition) is 2. The lowest BCUT2D eigenvalue weighted by Gasteiger charge is -2.12. The smallest absolute Gasteiger partial charge is 0.0701 e. The minimum Gasteiger partial charge on any atom is -0.392 e. The van der Waals surface area contributed by atoms with Crippen molar-refractivity contribution in [2.75, 3.05) is 5.32 Å². The molecule has 2 N–H and O–H groups in total. The highest BCUT2D eigenvalue weighted by molar-refractivity contribution is 5.51. The normalized spacial score (nSPS) is 10.4. The molecule has 0 aliphatic heterocycles. The molecule has 2 aromatic carbocycles. The van der Waals surface area contributed by atoms with Crippen molar-refractivity contribution in [3.63, 3.8) is 0 Å². The second-order valence-electron chi connectivity index (χ2n) is 4.60. The summed E-state index contributed by atoms with van der Waals surface area (Å²) in [6, 6.07) is 14.3. The molecule has 0 atom stereocenters. The molecule has 0 heterocycles. The molecule has 2 heteroatoms. The zero-order valence-corrected chi connectivity index (χ0v) is 10.9. The fourth-order valence-corrected chi connectivity index (χ4v) is 2.07. The molecule has 2 nitrogen and oxygen atoms in total. The summed E-state index contributed by atoms with van der Waals surface area (Å²) in [5, 5.41) is 12.6. The van der Waals surface area contributed by atoms with Gasteiger partial charge in [0.05, 0.1) is 6.61 Å². The molecular formula is C16H19NO. The van der Waals surface area contributed by atoms with Crippen molar-refractivity contribution < 1.29 is 5.11 Å². The first-order chi connectivity index (χ1) is 8.70. The third kappa shape index (κ3) is 2.90. The van der Waals surface area contributed by atoms with E-state index in [1.807, 2.05) is 24.3 Å². The van der Waals surface area contributed by atoms with Gasteiger partial charge in [0, 0.05) is 17.8 Å². The van der Waals surface area contributed by atoms with Crippen LogP contribution in [0.1, 0.15) is 22.3 Å². The summed E-state index contributed by atoms with van der Waals surface area (Å²) < 4.78 is 0. The summed E-state index contributed by atoms with van der Waals surface area (Å²) in [6.45, 7) is 5.08. The van der Waals surface area contributed by atoms with E-state index < -0.39 is 0 Å². The van der Waals surface area contributed by atoms with E-state index in [0.717, 1.165) is 17.8 Å². The Morgan fingerprint density at radius 2 is 1.78 bits per heavy atom. The van der Waals surface area contributed by atoms with Gasteiger partial charge < -0.3 is 10.4 Å². The molecule has 0 radical (unpaired) electrons. The average molecular weight is 241 g/mol. The van der Waals surface area contributed by atoms with Gasteiger partial charge in [-0.15, -0.1) is 0 Å². The maximum Gasteiger partial charge on any atom is 0.0701 e. The number of benzene rings is 2. The Morgan fingerprint density at radius 1 is 1.00 bits per heavy atom. The second kappa shape index (κ2) is 5.69. The van der Waals surface area contributed by atoms with E-state index in [0.29, 0.717) is 0 Å². The summed E-state index contributed by atoms with van der Waals surface area (Å²) >= 11 is 0. The van der Waals surface area contributed by atoms with Gasteiger partial charge in [-0.1, -0.05) is 42.0 Å². The van der Waals surface area contributed by atoms with Crippen LogP contribution < -0.4 is 5.32 Å². The molecule has 0 aliphatic rings. The summed E-state index contributed by atoms with van der Waals surface area (Å²) in [6.07, 6.45) is 0. The first-order valence-electron chi connectivity index (χ1n) is 6.19. The number of aliphatic hydroxyl groups is 1. The fourth-order valence-electron chi connectivity index (χ4n) is 2.07. The zero-order chi connectivity index (χ0) is 13.0. The number of para-hydroxylation sites is 1. The van der Waals surface area contributed by atoms with Crippen LogP contribution in [0.25, 0.3) is 0 Å². The van der Waals surface area contributed by atoms with Gasteiger partial charge >= 0.3 is 0 Å². The third-order valence-corrected chi connectivity index (χ3v) is 3.16. The maximum atomic E-state index is 9.27. The third-order valence-electron chi connectivity index (χ3n) is 3.16. The number of hydrogen-bond donors (Lipinski definition) is 2. The summed E-state index contributed by atoms with van der Waals surface area (Å²) in [4.78, 5) is 0. The molecule has 0 aliphatic carbocycles. The van der Waals surface area contributed by atoms with Crippen LogP contribution >= 0.6 is 0 Å². The number of rotatable bonds is 4. The molecule has 0 saturated heterocycles. The van der Waals surface area contributed by atoms with Crippen LogP contribution in [-0.4, -0.2) is 5.11 Å². The Labute approximate surface area is 108 Å². The predicted molar refractivity (Wildman–Crippen MR) is 75.6 cm³/mol. The van der Waals surface area contributed by atoms with Gasteiger partial charge in [-0.2, -0.15) is 0 Å². The minimum absolute atomic E-state index is 0.0655. The lowest BCUT2D eigenvalue weighted by atomic mass is 10.1. The number of aliphatic hydroxyl groups excluding tert-OH is 1. The van der Waals surface area contributed by atoms with Gasteiger partial charge in [0.25, 0.3) is 0 Å². The van der Waals surface area contributed by atoms with Crippen molar-refractivity contribution >= 4 is 5.69 Å². The quantitative estimate of drug-likeness (QED) is 0.859. The van der Waals surface area contributed by atoms with Crippen molar-refractivity contribution in [2.24, 2.45) is 0 Å². The van der Waals surface area contributed by atoms with E-state index >= 15 is 0 Å². The molecule has 0 amide bonds. The van der Waals surface area contributed by atoms with Crippen LogP contribution in [0.2, 0.25) is 0 Å². The number of anilines is 1. The van der Waals surface area contributed by atoms with E-state index in [2.05, 4.69) is 37.4 Å². The highest BCUT2D eigenvalue weighted by atomic mass is 16.3. The van der Waals surface area contributed by atoms with Crippen LogP contribution in [0.3, 0.4) is 0 Å². The van der Waals surface area contributed by atoms with Crippen LogP contribution in [0, 0.1) is 13.8 Å². The van der Waals surface area contributed by atoms with Crippen molar-refractivity contribution in [1.29, 1.82) is 0 Å². The number of aryl methyl sites for hydroxylation is 2. The maximum absolute atomic E-state index is 9.27. The minimum atomic E-state index is 0.0655. The molecule has 0 spiro atoms. The fraction of sp³-hybridized carbons (Fsp3) is 0.250. The topological polar surface area (TPSA) is 32.3 Å². The van der Waals surface area contributed by atoms with Crippen molar-refractivity contribution in [2.45, 2.75) is 27.0 Å². The summed E-state index contributed by atoms with van der Waals surface area (Å²) in [5.41, 5.74) is 5.80. The molecule has 18 heavy (non-hydrogen) atoms. The summed E-state index contributed by atoms with van der Waals surface area (Å²) in [7, 11) is 0. The molecular weight excluding hydrogens is 222 g/mol. The largest absolute Gasteiger partial charge is 0.392 e. The molecule has 2 rings (SSSR count). The SMILES string of the molecule is Cc1ccc(CNc2ccccc2CO)c(C)c1. The first kappa shape index (κ1) is 12.7. The van der Waals surface area contributed by atoms with Crippen LogP contribution in [0.15, 0.2) is 42.5 Å². The highest BCUT2D eigenvalue weighted by Gasteiger charge is 2.02. The lowest BCUT2D eigenvalue weighted by molar-refractivity contribution is 0.282. The summed E-state index contributed by atoms with van der Waals surface area (Å²) in [5.74, 6) is 0. The van der Waals surface area contributed by atoms with Gasteiger partial charge in [-0.25, -0.2) is 0 Å². The van der Waals surface area contributed by atoms with Gasteiger partial charge in [0.2, 0.25) is 0 Å². The Hall–Kier alpha value is -1.80. The van der Waals surface area contributed by atoms with Gasteiger partial charge in [-0.05, 0) is 31.0 Å². The first-order valence-corrected chi connectivity index (χ1v) is 6.19. The monoisotopic (exact) mass is 241 g/mol. The Morgan fingerprint density at radius 3 is 2.50 bits per heavy atom. The van der Waals surface area contributed by atoms with Crippen LogP contribution in [0.5, 0.6) is 0 Å². The molecule has 0 saturated carbocycles. The predicted octanol–water partition coefficient (Wildman–Crippen LogP) is 3.41. The van der Waals surface area contributed by atoms with Crippen molar-refractivity contribution in [3.05, 3.63) is 64.7 Å². The Kier molecular flexibility index (Phi) is 4.00. The Bertz CT molecular complexity index is 534. The average Bonchev–Trinajstić information content (AvgIpc) is 2.38. The molecule has 2 aromatic rings. The van der Waals surface area contributed by atoms with E-state index in [9.17, 15) is 5.11 Å². The molecule has 0 bridgehead atoms. The van der Waals surface area contributed by atoms with E-state index in [-0.39, 0.29) is 6.61 Å². The van der Waals surface area contributed by atoms with E-state index in [1.54, 1.807) is 0 Å². The van der Waals surface area contributed by atoms with Crippen LogP contribution in [-0.2, 0) is 13.2 Å². The lowest BCUT2D eigenvalue weighted by Crippen LogP contribution is -2.04. The van der Waals surface area contributed by atoms with Gasteiger partial charge in [-0.3, -0.25) is 0 Å². The Balaban J connectivity index is 2.11. The van der Waals surface area contributed by atoms with Crippen LogP contribution in [0.4, 0.5) is 5.69 Å². The zero-order valence-electron chi connectivity index (χ0n) is 10.9. The molecule has 0 fully saturated rings. The molecule has 0 unspecified atom stereocenters.